The van der Waals surface area contributed by atoms with Crippen molar-refractivity contribution in [2.24, 2.45) is 17.4 Å². The Bertz CT molecular complexity index is 1340. The van der Waals surface area contributed by atoms with E-state index in [0.717, 1.165) is 27.4 Å². The van der Waals surface area contributed by atoms with Crippen molar-refractivity contribution in [2.75, 3.05) is 4.90 Å². The predicted octanol–water partition coefficient (Wildman–Crippen LogP) is 2.59. The van der Waals surface area contributed by atoms with Gasteiger partial charge in [0.1, 0.15) is 11.0 Å². The van der Waals surface area contributed by atoms with Gasteiger partial charge in [-0.3, -0.25) is 14.4 Å². The Morgan fingerprint density at radius 2 is 1.62 bits per heavy atom. The molecule has 7 nitrogen and oxygen atoms in total. The van der Waals surface area contributed by atoms with Crippen molar-refractivity contribution in [1.29, 1.82) is 0 Å². The molecular weight excluding hydrogens is 426 g/mol. The molecule has 0 aliphatic carbocycles. The first-order valence-electron chi connectivity index (χ1n) is 9.99. The second kappa shape index (κ2) is 7.42. The number of aromatic hydroxyl groups is 1. The standard InChI is InChI=1S/C24H19N3O4S/c25-21(29)19-17(15-7-3-4-8-16(15)28)18-20(32-22(19)26)24(31)27(23(18)30)14-10-9-12-5-1-2-6-13(12)11-14/h1-11,17-18,20,28H,26H2,(H2,25,29)/t17-,18+,20+/m1/s1. The third-order valence-corrected chi connectivity index (χ3v) is 7.24. The van der Waals surface area contributed by atoms with Crippen LogP contribution in [0.3, 0.4) is 0 Å². The minimum absolute atomic E-state index is 0.0410. The van der Waals surface area contributed by atoms with Crippen molar-refractivity contribution >= 4 is 45.9 Å². The molecule has 3 aromatic carbocycles. The number of phenolic OH excluding ortho intramolecular Hbond substituents is 1. The molecular formula is C24H19N3O4S. The number of phenols is 1. The summed E-state index contributed by atoms with van der Waals surface area (Å²) in [5.74, 6) is -3.61. The Kier molecular flexibility index (Phi) is 4.67. The fourth-order valence-electron chi connectivity index (χ4n) is 4.59. The van der Waals surface area contributed by atoms with Crippen LogP contribution >= 0.6 is 11.8 Å². The number of carbonyl (C=O) groups excluding carboxylic acids is 3. The maximum Gasteiger partial charge on any atom is 0.248 e. The Hall–Kier alpha value is -3.78. The minimum Gasteiger partial charge on any atom is -0.508 e. The lowest BCUT2D eigenvalue weighted by Crippen LogP contribution is -2.38. The summed E-state index contributed by atoms with van der Waals surface area (Å²) in [4.78, 5) is 40.5. The lowest BCUT2D eigenvalue weighted by Gasteiger charge is -2.32. The number of rotatable bonds is 3. The average Bonchev–Trinajstić information content (AvgIpc) is 3.02. The number of hydrogen-bond acceptors (Lipinski definition) is 6. The highest BCUT2D eigenvalue weighted by Crippen LogP contribution is 2.52. The number of amides is 3. The number of thioether (sulfide) groups is 1. The Labute approximate surface area is 187 Å². The molecule has 8 heteroatoms. The maximum absolute atomic E-state index is 13.7. The summed E-state index contributed by atoms with van der Waals surface area (Å²) in [7, 11) is 0. The molecule has 0 saturated carbocycles. The fraction of sp³-hybridized carbons (Fsp3) is 0.125. The number of imide groups is 1. The molecule has 5 rings (SSSR count). The minimum atomic E-state index is -0.929. The van der Waals surface area contributed by atoms with Crippen molar-refractivity contribution in [1.82, 2.24) is 0 Å². The molecule has 0 bridgehead atoms. The molecule has 3 atom stereocenters. The van der Waals surface area contributed by atoms with Gasteiger partial charge in [0, 0.05) is 11.5 Å². The molecule has 0 radical (unpaired) electrons. The monoisotopic (exact) mass is 445 g/mol. The van der Waals surface area contributed by atoms with Gasteiger partial charge < -0.3 is 16.6 Å². The molecule has 3 amide bonds. The second-order valence-electron chi connectivity index (χ2n) is 7.79. The third kappa shape index (κ3) is 2.95. The normalized spacial score (nSPS) is 23.0. The van der Waals surface area contributed by atoms with E-state index in [2.05, 4.69) is 0 Å². The summed E-state index contributed by atoms with van der Waals surface area (Å²) in [5.41, 5.74) is 12.6. The summed E-state index contributed by atoms with van der Waals surface area (Å²) < 4.78 is 0. The van der Waals surface area contributed by atoms with Gasteiger partial charge in [-0.05, 0) is 29.0 Å². The van der Waals surface area contributed by atoms with Gasteiger partial charge in [-0.1, -0.05) is 60.3 Å². The van der Waals surface area contributed by atoms with Crippen LogP contribution in [0.1, 0.15) is 11.5 Å². The first-order chi connectivity index (χ1) is 15.4. The highest BCUT2D eigenvalue weighted by atomic mass is 32.2. The van der Waals surface area contributed by atoms with Crippen LogP contribution in [0.2, 0.25) is 0 Å². The smallest absolute Gasteiger partial charge is 0.248 e. The molecule has 3 aromatic rings. The highest BCUT2D eigenvalue weighted by molar-refractivity contribution is 8.04. The Morgan fingerprint density at radius 3 is 2.34 bits per heavy atom. The van der Waals surface area contributed by atoms with Crippen LogP contribution < -0.4 is 16.4 Å². The van der Waals surface area contributed by atoms with Gasteiger partial charge in [-0.25, -0.2) is 4.90 Å². The Balaban J connectivity index is 1.65. The first-order valence-corrected chi connectivity index (χ1v) is 10.9. The molecule has 0 unspecified atom stereocenters. The topological polar surface area (TPSA) is 127 Å². The van der Waals surface area contributed by atoms with Crippen LogP contribution in [0.25, 0.3) is 10.8 Å². The molecule has 2 aliphatic heterocycles. The van der Waals surface area contributed by atoms with E-state index in [-0.39, 0.29) is 16.4 Å². The van der Waals surface area contributed by atoms with Gasteiger partial charge in [0.15, 0.2) is 0 Å². The van der Waals surface area contributed by atoms with Crippen molar-refractivity contribution in [2.45, 2.75) is 11.2 Å². The largest absolute Gasteiger partial charge is 0.508 e. The molecule has 1 fully saturated rings. The van der Waals surface area contributed by atoms with E-state index in [1.165, 1.54) is 6.07 Å². The average molecular weight is 446 g/mol. The van der Waals surface area contributed by atoms with Crippen molar-refractivity contribution in [3.8, 4) is 5.75 Å². The van der Waals surface area contributed by atoms with Crippen LogP contribution in [0.5, 0.6) is 5.75 Å². The summed E-state index contributed by atoms with van der Waals surface area (Å²) in [6.07, 6.45) is 0. The fourth-order valence-corrected chi connectivity index (χ4v) is 5.84. The van der Waals surface area contributed by atoms with Gasteiger partial charge in [-0.15, -0.1) is 0 Å². The lowest BCUT2D eigenvalue weighted by atomic mass is 9.78. The summed E-state index contributed by atoms with van der Waals surface area (Å²) in [5, 5.41) is 11.6. The lowest BCUT2D eigenvalue weighted by molar-refractivity contribution is -0.122. The number of anilines is 1. The summed E-state index contributed by atoms with van der Waals surface area (Å²) in [6, 6.07) is 19.4. The molecule has 1 saturated heterocycles. The van der Waals surface area contributed by atoms with E-state index in [1.54, 1.807) is 30.3 Å². The zero-order chi connectivity index (χ0) is 22.6. The molecule has 32 heavy (non-hydrogen) atoms. The van der Waals surface area contributed by atoms with Crippen molar-refractivity contribution in [3.05, 3.63) is 82.9 Å². The highest BCUT2D eigenvalue weighted by Gasteiger charge is 2.57. The number of para-hydroxylation sites is 1. The molecule has 5 N–H and O–H groups in total. The third-order valence-electron chi connectivity index (χ3n) is 6.01. The van der Waals surface area contributed by atoms with Crippen molar-refractivity contribution in [3.63, 3.8) is 0 Å². The van der Waals surface area contributed by atoms with Gasteiger partial charge in [0.25, 0.3) is 0 Å². The second-order valence-corrected chi connectivity index (χ2v) is 8.97. The number of hydrogen-bond donors (Lipinski definition) is 3. The summed E-state index contributed by atoms with van der Waals surface area (Å²) in [6.45, 7) is 0. The molecule has 160 valence electrons. The SMILES string of the molecule is NC(=O)C1=C(N)S[C@@H]2C(=O)N(c3ccc4ccccc4c3)C(=O)[C@H]2[C@H]1c1ccccc1O. The number of fused-ring (bicyclic) bond motifs is 2. The zero-order valence-corrected chi connectivity index (χ0v) is 17.6. The van der Waals surface area contributed by atoms with Crippen molar-refractivity contribution < 1.29 is 19.5 Å². The molecule has 0 aromatic heterocycles. The van der Waals surface area contributed by atoms with Gasteiger partial charge in [-0.2, -0.15) is 0 Å². The van der Waals surface area contributed by atoms with E-state index in [9.17, 15) is 19.5 Å². The van der Waals surface area contributed by atoms with E-state index < -0.39 is 34.8 Å². The van der Waals surface area contributed by atoms with Crippen LogP contribution in [0, 0.1) is 5.92 Å². The quantitative estimate of drug-likeness (QED) is 0.532. The van der Waals surface area contributed by atoms with Gasteiger partial charge in [0.05, 0.1) is 22.2 Å². The van der Waals surface area contributed by atoms with Gasteiger partial charge in [0.2, 0.25) is 17.7 Å². The number of nitrogens with two attached hydrogens (primary N) is 2. The predicted molar refractivity (Wildman–Crippen MR) is 123 cm³/mol. The van der Waals surface area contributed by atoms with Crippen LogP contribution in [0.4, 0.5) is 5.69 Å². The number of carbonyl (C=O) groups is 3. The molecule has 0 spiro atoms. The molecule has 2 aliphatic rings. The van der Waals surface area contributed by atoms with Gasteiger partial charge >= 0.3 is 0 Å². The maximum atomic E-state index is 13.7. The van der Waals surface area contributed by atoms with E-state index in [0.29, 0.717) is 11.3 Å². The summed E-state index contributed by atoms with van der Waals surface area (Å²) >= 11 is 0.974. The number of benzene rings is 3. The molecule has 2 heterocycles. The zero-order valence-electron chi connectivity index (χ0n) is 16.8. The first kappa shape index (κ1) is 20.1. The number of nitrogens with zero attached hydrogens (tertiary/aromatic N) is 1. The van der Waals surface area contributed by atoms with E-state index in [4.69, 9.17) is 11.5 Å². The van der Waals surface area contributed by atoms with Crippen LogP contribution in [0.15, 0.2) is 77.3 Å². The number of primary amides is 1. The van der Waals surface area contributed by atoms with E-state index in [1.807, 2.05) is 30.3 Å². The van der Waals surface area contributed by atoms with Crippen LogP contribution in [-0.2, 0) is 14.4 Å². The van der Waals surface area contributed by atoms with Crippen LogP contribution in [-0.4, -0.2) is 28.1 Å². The Morgan fingerprint density at radius 1 is 0.938 bits per heavy atom. The van der Waals surface area contributed by atoms with E-state index >= 15 is 0 Å².